The van der Waals surface area contributed by atoms with Crippen molar-refractivity contribution in [3.8, 4) is 0 Å². The monoisotopic (exact) mass is 424 g/mol. The normalized spacial score (nSPS) is 17.5. The second kappa shape index (κ2) is 14.1. The fourth-order valence-electron chi connectivity index (χ4n) is 2.74. The third-order valence-electron chi connectivity index (χ3n) is 4.69. The van der Waals surface area contributed by atoms with Crippen molar-refractivity contribution < 1.29 is 24.5 Å². The largest absolute Gasteiger partial charge is 0.480 e. The molecule has 0 amide bonds. The number of ether oxygens (including phenoxy) is 1. The number of carboxylic acid groups (broad SMARTS) is 1. The van der Waals surface area contributed by atoms with Crippen LogP contribution >= 0.6 is 11.6 Å². The maximum atomic E-state index is 11.3. The Morgan fingerprint density at radius 2 is 1.36 bits per heavy atom. The van der Waals surface area contributed by atoms with Crippen LogP contribution in [0.4, 0.5) is 0 Å². The molecule has 0 aromatic carbocycles. The Kier molecular flexibility index (Phi) is 14.8. The minimum atomic E-state index is -1.08. The van der Waals surface area contributed by atoms with E-state index in [1.54, 1.807) is 13.8 Å². The van der Waals surface area contributed by atoms with Gasteiger partial charge >= 0.3 is 11.9 Å². The molecule has 0 aromatic rings. The van der Waals surface area contributed by atoms with Gasteiger partial charge in [0.25, 0.3) is 0 Å². The second-order valence-electron chi connectivity index (χ2n) is 8.58. The number of aliphatic hydroxyl groups excluding tert-OH is 1. The van der Waals surface area contributed by atoms with Crippen LogP contribution in [0.1, 0.15) is 79.1 Å². The summed E-state index contributed by atoms with van der Waals surface area (Å²) < 4.78 is 5.12. The fourth-order valence-corrected chi connectivity index (χ4v) is 2.79. The first-order valence-electron chi connectivity index (χ1n) is 9.87. The van der Waals surface area contributed by atoms with E-state index in [0.717, 1.165) is 0 Å². The van der Waals surface area contributed by atoms with Gasteiger partial charge in [-0.3, -0.25) is 9.59 Å². The highest BCUT2D eigenvalue weighted by atomic mass is 35.5. The van der Waals surface area contributed by atoms with Crippen LogP contribution in [0.2, 0.25) is 0 Å². The summed E-state index contributed by atoms with van der Waals surface area (Å²) in [5, 5.41) is 16.7. The van der Waals surface area contributed by atoms with Crippen molar-refractivity contribution in [3.63, 3.8) is 0 Å². The van der Waals surface area contributed by atoms with Crippen LogP contribution in [0.5, 0.6) is 0 Å². The van der Waals surface area contributed by atoms with Gasteiger partial charge in [0, 0.05) is 6.61 Å². The van der Waals surface area contributed by atoms with Gasteiger partial charge in [-0.1, -0.05) is 25.7 Å². The lowest BCUT2D eigenvalue weighted by Crippen LogP contribution is -2.41. The molecule has 2 saturated carbocycles. The second-order valence-corrected chi connectivity index (χ2v) is 9.53. The number of rotatable bonds is 5. The quantitative estimate of drug-likeness (QED) is 0.387. The van der Waals surface area contributed by atoms with E-state index in [-0.39, 0.29) is 12.1 Å². The van der Waals surface area contributed by atoms with Gasteiger partial charge in [-0.2, -0.15) is 0 Å². The molecule has 0 spiro atoms. The maximum absolute atomic E-state index is 11.3. The molecule has 0 unspecified atom stereocenters. The number of carboxylic acids is 1. The third-order valence-corrected chi connectivity index (χ3v) is 4.85. The predicted molar refractivity (Wildman–Crippen MR) is 113 cm³/mol. The number of aliphatic carboxylic acids is 1. The standard InChI is InChI=1S/C10H17ClO2.C6H12O.C4H9NO2.H3N/c1-10(2,11)9(12)13-7-8-5-3-4-6-8;7-5-6-3-1-2-4-6;1-4(2,5)3(6)7;/h8H,3-7H2,1-2H3;6-7H,1-5H2;5H2,1-2H3,(H,6,7);1H3. The van der Waals surface area contributed by atoms with Gasteiger partial charge in [0.1, 0.15) is 10.4 Å². The molecule has 28 heavy (non-hydrogen) atoms. The van der Waals surface area contributed by atoms with Crippen LogP contribution < -0.4 is 11.9 Å². The average Bonchev–Trinajstić information content (AvgIpc) is 3.25. The molecule has 0 bridgehead atoms. The van der Waals surface area contributed by atoms with Gasteiger partial charge in [-0.25, -0.2) is 0 Å². The van der Waals surface area contributed by atoms with Crippen molar-refractivity contribution in [1.82, 2.24) is 6.15 Å². The first kappa shape index (κ1) is 29.3. The molecule has 7 N–H and O–H groups in total. The van der Waals surface area contributed by atoms with Crippen LogP contribution in [-0.4, -0.2) is 45.8 Å². The number of aliphatic hydroxyl groups is 1. The van der Waals surface area contributed by atoms with E-state index in [2.05, 4.69) is 0 Å². The van der Waals surface area contributed by atoms with Crippen molar-refractivity contribution in [3.05, 3.63) is 0 Å². The first-order valence-corrected chi connectivity index (χ1v) is 10.2. The molecule has 2 fully saturated rings. The van der Waals surface area contributed by atoms with E-state index in [1.807, 2.05) is 0 Å². The molecule has 7 nitrogen and oxygen atoms in total. The lowest BCUT2D eigenvalue weighted by Gasteiger charge is -2.16. The number of alkyl halides is 1. The number of carbonyl (C=O) groups excluding carboxylic acids is 1. The zero-order valence-corrected chi connectivity index (χ0v) is 18.8. The Morgan fingerprint density at radius 3 is 1.61 bits per heavy atom. The summed E-state index contributed by atoms with van der Waals surface area (Å²) in [4.78, 5) is 20.3. The molecular weight excluding hydrogens is 384 g/mol. The average molecular weight is 425 g/mol. The molecule has 2 rings (SSSR count). The predicted octanol–water partition coefficient (Wildman–Crippen LogP) is 3.88. The van der Waals surface area contributed by atoms with Crippen LogP contribution in [0.3, 0.4) is 0 Å². The summed E-state index contributed by atoms with van der Waals surface area (Å²) >= 11 is 5.79. The molecule has 8 heteroatoms. The number of nitrogens with two attached hydrogens (primary N) is 1. The summed E-state index contributed by atoms with van der Waals surface area (Å²) in [6, 6.07) is 0. The van der Waals surface area contributed by atoms with Crippen molar-refractivity contribution in [1.29, 1.82) is 0 Å². The number of halogens is 1. The highest BCUT2D eigenvalue weighted by Gasteiger charge is 2.27. The Labute approximate surface area is 174 Å². The van der Waals surface area contributed by atoms with Gasteiger partial charge in [0.15, 0.2) is 0 Å². The number of carbonyl (C=O) groups is 2. The molecule has 0 heterocycles. The van der Waals surface area contributed by atoms with Crippen LogP contribution in [0, 0.1) is 11.8 Å². The van der Waals surface area contributed by atoms with Gasteiger partial charge in [0.2, 0.25) is 0 Å². The number of hydrogen-bond acceptors (Lipinski definition) is 6. The summed E-state index contributed by atoms with van der Waals surface area (Å²) in [5.74, 6) is -0.0588. The molecule has 0 atom stereocenters. The lowest BCUT2D eigenvalue weighted by atomic mass is 10.1. The van der Waals surface area contributed by atoms with Crippen LogP contribution in [-0.2, 0) is 14.3 Å². The number of hydrogen-bond donors (Lipinski definition) is 4. The van der Waals surface area contributed by atoms with Crippen molar-refractivity contribution in [2.75, 3.05) is 13.2 Å². The zero-order valence-electron chi connectivity index (χ0n) is 18.0. The fraction of sp³-hybridized carbons (Fsp3) is 0.900. The van der Waals surface area contributed by atoms with E-state index >= 15 is 0 Å². The van der Waals surface area contributed by atoms with E-state index in [9.17, 15) is 9.59 Å². The minimum Gasteiger partial charge on any atom is -0.480 e. The molecule has 2 aliphatic carbocycles. The van der Waals surface area contributed by atoms with Crippen molar-refractivity contribution >= 4 is 23.5 Å². The molecule has 0 aliphatic heterocycles. The van der Waals surface area contributed by atoms with Gasteiger partial charge in [-0.15, -0.1) is 11.6 Å². The minimum absolute atomic E-state index is 0. The Morgan fingerprint density at radius 1 is 1.00 bits per heavy atom. The molecule has 2 aliphatic rings. The summed E-state index contributed by atoms with van der Waals surface area (Å²) in [6.07, 6.45) is 10.1. The number of esters is 1. The van der Waals surface area contributed by atoms with E-state index in [4.69, 9.17) is 32.3 Å². The SMILES string of the molecule is CC(C)(Cl)C(=O)OCC1CCCC1.CC(C)(N)C(=O)O.N.OCC1CCCC1. The molecule has 168 valence electrons. The topological polar surface area (TPSA) is 145 Å². The Bertz CT molecular complexity index is 435. The maximum Gasteiger partial charge on any atom is 0.326 e. The summed E-state index contributed by atoms with van der Waals surface area (Å²) in [6.45, 7) is 7.16. The van der Waals surface area contributed by atoms with Crippen LogP contribution in [0.25, 0.3) is 0 Å². The van der Waals surface area contributed by atoms with E-state index in [1.165, 1.54) is 65.2 Å². The lowest BCUT2D eigenvalue weighted by molar-refractivity contribution is -0.147. The highest BCUT2D eigenvalue weighted by Crippen LogP contribution is 2.25. The molecule has 0 radical (unpaired) electrons. The van der Waals surface area contributed by atoms with E-state index < -0.39 is 16.4 Å². The van der Waals surface area contributed by atoms with Crippen molar-refractivity contribution in [2.24, 2.45) is 17.6 Å². The molecular formula is C20H41ClN2O5. The Hall–Kier alpha value is -0.890. The van der Waals surface area contributed by atoms with Gasteiger partial charge in [-0.05, 0) is 65.2 Å². The van der Waals surface area contributed by atoms with Crippen LogP contribution in [0.15, 0.2) is 0 Å². The smallest absolute Gasteiger partial charge is 0.326 e. The zero-order chi connectivity index (χ0) is 21.1. The van der Waals surface area contributed by atoms with Crippen molar-refractivity contribution in [2.45, 2.75) is 89.5 Å². The molecule has 0 saturated heterocycles. The summed E-state index contributed by atoms with van der Waals surface area (Å²) in [5.41, 5.74) is 4.00. The third kappa shape index (κ3) is 14.2. The highest BCUT2D eigenvalue weighted by molar-refractivity contribution is 6.33. The molecule has 0 aromatic heterocycles. The van der Waals surface area contributed by atoms with Gasteiger partial charge < -0.3 is 26.8 Å². The first-order chi connectivity index (χ1) is 12.4. The Balaban J connectivity index is 0. The van der Waals surface area contributed by atoms with E-state index in [0.29, 0.717) is 25.0 Å². The van der Waals surface area contributed by atoms with Gasteiger partial charge in [0.05, 0.1) is 6.61 Å². The summed E-state index contributed by atoms with van der Waals surface area (Å²) in [7, 11) is 0.